The summed E-state index contributed by atoms with van der Waals surface area (Å²) in [6.45, 7) is 17.1. The lowest BCUT2D eigenvalue weighted by atomic mass is 9.76. The molecule has 0 aliphatic carbocycles. The molecule has 38 heavy (non-hydrogen) atoms. The smallest absolute Gasteiger partial charge is 0.399 e. The van der Waals surface area contributed by atoms with E-state index in [-0.39, 0.29) is 0 Å². The molecule has 5 aromatic rings. The minimum atomic E-state index is -0.458. The Balaban J connectivity index is 1.61. The van der Waals surface area contributed by atoms with Crippen LogP contribution in [0.5, 0.6) is 0 Å². The van der Waals surface area contributed by atoms with E-state index in [0.717, 1.165) is 16.5 Å². The molecule has 1 N–H and O–H groups in total. The van der Waals surface area contributed by atoms with Gasteiger partial charge < -0.3 is 14.3 Å². The second-order valence-corrected chi connectivity index (χ2v) is 12.2. The molecular formula is C34H36BNO2. The second-order valence-electron chi connectivity index (χ2n) is 12.2. The molecule has 6 rings (SSSR count). The fraction of sp³-hybridized carbons (Fsp3) is 0.294. The van der Waals surface area contributed by atoms with Crippen LogP contribution < -0.4 is 5.46 Å². The summed E-state index contributed by atoms with van der Waals surface area (Å²) in [7, 11) is -0.458. The maximum Gasteiger partial charge on any atom is 0.497 e. The molecule has 4 heteroatoms. The van der Waals surface area contributed by atoms with Crippen molar-refractivity contribution in [2.24, 2.45) is 0 Å². The van der Waals surface area contributed by atoms with E-state index in [1.54, 1.807) is 0 Å². The highest BCUT2D eigenvalue weighted by Gasteiger charge is 2.52. The quantitative estimate of drug-likeness (QED) is 0.253. The first-order chi connectivity index (χ1) is 17.9. The van der Waals surface area contributed by atoms with Crippen LogP contribution in [0, 0.1) is 27.7 Å². The molecule has 192 valence electrons. The van der Waals surface area contributed by atoms with Crippen molar-refractivity contribution in [1.29, 1.82) is 0 Å². The molecule has 1 aliphatic rings. The molecule has 1 saturated heterocycles. The summed E-state index contributed by atoms with van der Waals surface area (Å²) < 4.78 is 13.1. The van der Waals surface area contributed by atoms with Crippen LogP contribution in [0.4, 0.5) is 0 Å². The van der Waals surface area contributed by atoms with Crippen molar-refractivity contribution < 1.29 is 9.31 Å². The maximum absolute atomic E-state index is 6.57. The van der Waals surface area contributed by atoms with E-state index in [4.69, 9.17) is 9.31 Å². The van der Waals surface area contributed by atoms with E-state index in [0.29, 0.717) is 0 Å². The van der Waals surface area contributed by atoms with E-state index in [1.807, 2.05) is 0 Å². The van der Waals surface area contributed by atoms with Crippen LogP contribution in [0.3, 0.4) is 0 Å². The third kappa shape index (κ3) is 4.17. The van der Waals surface area contributed by atoms with Crippen LogP contribution in [-0.4, -0.2) is 23.3 Å². The standard InChI is InChI=1S/C34H36BNO2/c1-20-11-21(2)14-25(13-20)24-9-10-31-28(17-24)29-18-27(26-15-22(3)12-23(4)16-26)19-30(32(29)36-31)35-37-33(5,6)34(7,8)38-35/h9-19,36H,1-8H3. The number of benzene rings is 4. The highest BCUT2D eigenvalue weighted by Crippen LogP contribution is 2.39. The lowest BCUT2D eigenvalue weighted by Gasteiger charge is -2.32. The van der Waals surface area contributed by atoms with Gasteiger partial charge in [-0.15, -0.1) is 0 Å². The largest absolute Gasteiger partial charge is 0.497 e. The molecule has 4 aromatic carbocycles. The number of aromatic nitrogens is 1. The topological polar surface area (TPSA) is 34.2 Å². The fourth-order valence-electron chi connectivity index (χ4n) is 5.81. The number of aromatic amines is 1. The lowest BCUT2D eigenvalue weighted by Crippen LogP contribution is -2.41. The van der Waals surface area contributed by atoms with E-state index in [1.165, 1.54) is 55.3 Å². The summed E-state index contributed by atoms with van der Waals surface area (Å²) >= 11 is 0. The Bertz CT molecular complexity index is 1670. The summed E-state index contributed by atoms with van der Waals surface area (Å²) in [4.78, 5) is 3.72. The number of aryl methyl sites for hydroxylation is 4. The fourth-order valence-corrected chi connectivity index (χ4v) is 5.81. The molecule has 0 amide bonds. The molecule has 0 atom stereocenters. The second kappa shape index (κ2) is 8.59. The van der Waals surface area contributed by atoms with Gasteiger partial charge in [0, 0.05) is 27.3 Å². The van der Waals surface area contributed by atoms with Gasteiger partial charge in [-0.1, -0.05) is 70.8 Å². The average molecular weight is 501 g/mol. The average Bonchev–Trinajstić information content (AvgIpc) is 3.29. The van der Waals surface area contributed by atoms with Gasteiger partial charge >= 0.3 is 7.12 Å². The minimum Gasteiger partial charge on any atom is -0.399 e. The van der Waals surface area contributed by atoms with E-state index in [2.05, 4.69) is 127 Å². The predicted octanol–water partition coefficient (Wildman–Crippen LogP) is 8.19. The zero-order valence-electron chi connectivity index (χ0n) is 23.7. The zero-order chi connectivity index (χ0) is 27.0. The van der Waals surface area contributed by atoms with Gasteiger partial charge in [-0.05, 0) is 95.8 Å². The molecule has 1 aliphatic heterocycles. The molecule has 0 unspecified atom stereocenters. The molecule has 1 aromatic heterocycles. The zero-order valence-corrected chi connectivity index (χ0v) is 23.7. The maximum atomic E-state index is 6.57. The van der Waals surface area contributed by atoms with Gasteiger partial charge in [0.2, 0.25) is 0 Å². The molecule has 0 spiro atoms. The lowest BCUT2D eigenvalue weighted by molar-refractivity contribution is 0.00578. The van der Waals surface area contributed by atoms with Gasteiger partial charge in [-0.2, -0.15) is 0 Å². The van der Waals surface area contributed by atoms with Crippen molar-refractivity contribution in [1.82, 2.24) is 4.98 Å². The molecular weight excluding hydrogens is 465 g/mol. The molecule has 1 fully saturated rings. The van der Waals surface area contributed by atoms with Crippen LogP contribution in [0.25, 0.3) is 44.1 Å². The summed E-state index contributed by atoms with van der Waals surface area (Å²) in [5, 5.41) is 2.40. The van der Waals surface area contributed by atoms with Gasteiger partial charge in [0.05, 0.1) is 11.2 Å². The first-order valence-corrected chi connectivity index (χ1v) is 13.5. The molecule has 0 radical (unpaired) electrons. The Morgan fingerprint density at radius 3 is 1.58 bits per heavy atom. The predicted molar refractivity (Wildman–Crippen MR) is 161 cm³/mol. The van der Waals surface area contributed by atoms with E-state index in [9.17, 15) is 0 Å². The highest BCUT2D eigenvalue weighted by atomic mass is 16.7. The van der Waals surface area contributed by atoms with Gasteiger partial charge in [-0.25, -0.2) is 0 Å². The summed E-state index contributed by atoms with van der Waals surface area (Å²) in [6.07, 6.45) is 0. The SMILES string of the molecule is Cc1cc(C)cc(-c2ccc3[nH]c4c(B5OC(C)(C)C(C)(C)O5)cc(-c5cc(C)cc(C)c5)cc4c3c2)c1. The van der Waals surface area contributed by atoms with Crippen LogP contribution in [-0.2, 0) is 9.31 Å². The first kappa shape index (κ1) is 25.0. The van der Waals surface area contributed by atoms with Crippen molar-refractivity contribution in [3.63, 3.8) is 0 Å². The first-order valence-electron chi connectivity index (χ1n) is 13.5. The van der Waals surface area contributed by atoms with Crippen molar-refractivity contribution in [3.05, 3.63) is 89.0 Å². The molecule has 0 saturated carbocycles. The van der Waals surface area contributed by atoms with Crippen molar-refractivity contribution >= 4 is 34.4 Å². The van der Waals surface area contributed by atoms with Gasteiger partial charge in [-0.3, -0.25) is 0 Å². The monoisotopic (exact) mass is 501 g/mol. The minimum absolute atomic E-state index is 0.415. The Hall–Kier alpha value is -3.34. The third-order valence-corrected chi connectivity index (χ3v) is 8.36. The number of hydrogen-bond acceptors (Lipinski definition) is 2. The Labute approximate surface area is 226 Å². The normalized spacial score (nSPS) is 16.6. The van der Waals surface area contributed by atoms with Crippen LogP contribution in [0.1, 0.15) is 49.9 Å². The Kier molecular flexibility index (Phi) is 5.64. The number of hydrogen-bond donors (Lipinski definition) is 1. The van der Waals surface area contributed by atoms with Gasteiger partial charge in [0.25, 0.3) is 0 Å². The number of rotatable bonds is 3. The van der Waals surface area contributed by atoms with E-state index < -0.39 is 18.3 Å². The molecule has 3 nitrogen and oxygen atoms in total. The number of fused-ring (bicyclic) bond motifs is 3. The summed E-state index contributed by atoms with van der Waals surface area (Å²) in [5.74, 6) is 0. The third-order valence-electron chi connectivity index (χ3n) is 8.36. The van der Waals surface area contributed by atoms with Crippen LogP contribution in [0.2, 0.25) is 0 Å². The Morgan fingerprint density at radius 2 is 1.03 bits per heavy atom. The van der Waals surface area contributed by atoms with Crippen molar-refractivity contribution in [2.45, 2.75) is 66.6 Å². The summed E-state index contributed by atoms with van der Waals surface area (Å²) in [6, 6.07) is 24.8. The summed E-state index contributed by atoms with van der Waals surface area (Å²) in [5.41, 5.74) is 12.3. The number of H-pyrrole nitrogens is 1. The highest BCUT2D eigenvalue weighted by molar-refractivity contribution is 6.65. The van der Waals surface area contributed by atoms with E-state index >= 15 is 0 Å². The van der Waals surface area contributed by atoms with Crippen molar-refractivity contribution in [3.8, 4) is 22.3 Å². The van der Waals surface area contributed by atoms with Gasteiger partial charge in [0.15, 0.2) is 0 Å². The van der Waals surface area contributed by atoms with Gasteiger partial charge in [0.1, 0.15) is 0 Å². The van der Waals surface area contributed by atoms with Crippen LogP contribution in [0.15, 0.2) is 66.7 Å². The molecule has 2 heterocycles. The van der Waals surface area contributed by atoms with Crippen molar-refractivity contribution in [2.75, 3.05) is 0 Å². The molecule has 0 bridgehead atoms. The number of nitrogens with one attached hydrogen (secondary N) is 1. The van der Waals surface area contributed by atoms with Crippen LogP contribution >= 0.6 is 0 Å². The Morgan fingerprint density at radius 1 is 0.553 bits per heavy atom.